The molecule has 31 heavy (non-hydrogen) atoms. The van der Waals surface area contributed by atoms with E-state index in [1.54, 1.807) is 0 Å². The maximum Gasteiger partial charge on any atom is 0.231 e. The summed E-state index contributed by atoms with van der Waals surface area (Å²) in [5, 5.41) is 0.631. The number of anilines is 2. The van der Waals surface area contributed by atoms with Gasteiger partial charge in [0.2, 0.25) is 16.8 Å². The molecular weight excluding hydrogens is 442 g/mol. The lowest BCUT2D eigenvalue weighted by atomic mass is 10.2. The van der Waals surface area contributed by atoms with Crippen LogP contribution in [0.25, 0.3) is 11.2 Å². The van der Waals surface area contributed by atoms with Gasteiger partial charge in [-0.05, 0) is 25.2 Å². The highest BCUT2D eigenvalue weighted by atomic mass is 32.2. The molecule has 1 aliphatic heterocycles. The zero-order valence-electron chi connectivity index (χ0n) is 17.3. The Hall–Kier alpha value is -2.77. The minimum absolute atomic E-state index is 0.0131. The van der Waals surface area contributed by atoms with E-state index in [2.05, 4.69) is 19.7 Å². The van der Waals surface area contributed by atoms with Gasteiger partial charge in [0.15, 0.2) is 33.6 Å². The number of aryl methyl sites for hydroxylation is 1. The predicted molar refractivity (Wildman–Crippen MR) is 118 cm³/mol. The lowest BCUT2D eigenvalue weighted by molar-refractivity contribution is 0.174. The molecule has 0 amide bonds. The third-order valence-electron chi connectivity index (χ3n) is 4.77. The highest BCUT2D eigenvalue weighted by molar-refractivity contribution is 7.99. The molecule has 3 heterocycles. The van der Waals surface area contributed by atoms with Gasteiger partial charge in [-0.25, -0.2) is 28.1 Å². The molecule has 13 heteroatoms. The van der Waals surface area contributed by atoms with Crippen molar-refractivity contribution in [3.05, 3.63) is 18.5 Å². The highest BCUT2D eigenvalue weighted by Crippen LogP contribution is 2.44. The van der Waals surface area contributed by atoms with Gasteiger partial charge in [-0.1, -0.05) is 0 Å². The summed E-state index contributed by atoms with van der Waals surface area (Å²) in [6.45, 7) is 0.582. The van der Waals surface area contributed by atoms with Gasteiger partial charge < -0.3 is 24.7 Å². The molecule has 3 aromatic rings. The molecular formula is C18H23N7O4S2. The third kappa shape index (κ3) is 4.34. The van der Waals surface area contributed by atoms with Crippen LogP contribution in [0.3, 0.4) is 0 Å². The molecule has 0 saturated heterocycles. The van der Waals surface area contributed by atoms with Crippen molar-refractivity contribution in [3.8, 4) is 11.5 Å². The van der Waals surface area contributed by atoms with Gasteiger partial charge in [-0.3, -0.25) is 0 Å². The number of nitrogens with one attached hydrogen (secondary N) is 1. The molecule has 1 aliphatic rings. The second-order valence-corrected chi connectivity index (χ2v) is 10.1. The molecule has 3 N–H and O–H groups in total. The van der Waals surface area contributed by atoms with E-state index in [1.807, 2.05) is 35.7 Å². The topological polar surface area (TPSA) is 137 Å². The van der Waals surface area contributed by atoms with Crippen LogP contribution in [0.2, 0.25) is 0 Å². The number of nitrogens with two attached hydrogens (primary N) is 1. The minimum atomic E-state index is -3.32. The molecule has 0 unspecified atom stereocenters. The Morgan fingerprint density at radius 1 is 1.26 bits per heavy atom. The summed E-state index contributed by atoms with van der Waals surface area (Å²) in [5.74, 6) is 1.61. The first-order valence-electron chi connectivity index (χ1n) is 9.46. The maximum atomic E-state index is 11.8. The maximum absolute atomic E-state index is 11.8. The molecule has 166 valence electrons. The molecule has 1 aromatic carbocycles. The summed E-state index contributed by atoms with van der Waals surface area (Å²) in [7, 11) is 1.97. The first kappa shape index (κ1) is 21.5. The van der Waals surface area contributed by atoms with Crippen LogP contribution in [0, 0.1) is 0 Å². The van der Waals surface area contributed by atoms with Crippen molar-refractivity contribution in [2.24, 2.45) is 0 Å². The zero-order chi connectivity index (χ0) is 22.2. The molecule has 0 bridgehead atoms. The fraction of sp³-hybridized carbons (Fsp3) is 0.389. The molecule has 0 saturated carbocycles. The van der Waals surface area contributed by atoms with Crippen molar-refractivity contribution >= 4 is 44.5 Å². The Morgan fingerprint density at radius 2 is 2.00 bits per heavy atom. The molecule has 0 atom stereocenters. The Balaban J connectivity index is 1.73. The number of nitrogens with zero attached hydrogens (tertiary/aromatic N) is 5. The van der Waals surface area contributed by atoms with Gasteiger partial charge in [0.1, 0.15) is 6.33 Å². The van der Waals surface area contributed by atoms with Crippen molar-refractivity contribution in [2.45, 2.75) is 23.0 Å². The molecule has 4 rings (SSSR count). The normalized spacial score (nSPS) is 13.1. The third-order valence-corrected chi connectivity index (χ3v) is 7.26. The van der Waals surface area contributed by atoms with Crippen molar-refractivity contribution in [1.82, 2.24) is 24.2 Å². The molecule has 0 aliphatic carbocycles. The largest absolute Gasteiger partial charge is 0.454 e. The van der Waals surface area contributed by atoms with Crippen LogP contribution in [0.5, 0.6) is 11.5 Å². The monoisotopic (exact) mass is 465 g/mol. The minimum Gasteiger partial charge on any atom is -0.454 e. The van der Waals surface area contributed by atoms with Gasteiger partial charge in [-0.15, -0.1) is 0 Å². The van der Waals surface area contributed by atoms with E-state index >= 15 is 0 Å². The van der Waals surface area contributed by atoms with Crippen molar-refractivity contribution in [2.75, 3.05) is 44.3 Å². The second kappa shape index (κ2) is 8.40. The Morgan fingerprint density at radius 3 is 2.71 bits per heavy atom. The SMILES string of the molecule is CNS(=O)(=O)CCCn1c(Sc2cc3c(cc2N(C)C)OCO3)nc2c(N)ncnc21. The summed E-state index contributed by atoms with van der Waals surface area (Å²) in [6, 6.07) is 3.83. The molecule has 0 fully saturated rings. The fourth-order valence-corrected chi connectivity index (χ4v) is 5.02. The van der Waals surface area contributed by atoms with Crippen molar-refractivity contribution < 1.29 is 17.9 Å². The first-order chi connectivity index (χ1) is 14.8. The number of nitrogen functional groups attached to an aromatic ring is 1. The van der Waals surface area contributed by atoms with Crippen LogP contribution in [0.15, 0.2) is 28.5 Å². The van der Waals surface area contributed by atoms with Gasteiger partial charge >= 0.3 is 0 Å². The average Bonchev–Trinajstić information content (AvgIpc) is 3.32. The Labute approximate surface area is 184 Å². The van der Waals surface area contributed by atoms with E-state index in [0.717, 1.165) is 10.6 Å². The average molecular weight is 466 g/mol. The Bertz CT molecular complexity index is 1230. The van der Waals surface area contributed by atoms with Crippen LogP contribution in [0.1, 0.15) is 6.42 Å². The first-order valence-corrected chi connectivity index (χ1v) is 11.9. The van der Waals surface area contributed by atoms with Crippen LogP contribution < -0.4 is 24.8 Å². The van der Waals surface area contributed by atoms with E-state index in [1.165, 1.54) is 25.1 Å². The Kier molecular flexibility index (Phi) is 5.81. The highest BCUT2D eigenvalue weighted by Gasteiger charge is 2.22. The fourth-order valence-electron chi connectivity index (χ4n) is 3.17. The number of fused-ring (bicyclic) bond motifs is 2. The number of sulfonamides is 1. The predicted octanol–water partition coefficient (Wildman–Crippen LogP) is 1.29. The quantitative estimate of drug-likeness (QED) is 0.500. The van der Waals surface area contributed by atoms with Gasteiger partial charge in [0.05, 0.1) is 11.4 Å². The van der Waals surface area contributed by atoms with E-state index in [9.17, 15) is 8.42 Å². The van der Waals surface area contributed by atoms with Gasteiger partial charge in [-0.2, -0.15) is 0 Å². The number of imidazole rings is 1. The summed E-state index contributed by atoms with van der Waals surface area (Å²) in [6.07, 6.45) is 1.76. The summed E-state index contributed by atoms with van der Waals surface area (Å²) < 4.78 is 38.9. The molecule has 0 spiro atoms. The van der Waals surface area contributed by atoms with E-state index in [-0.39, 0.29) is 18.4 Å². The lowest BCUT2D eigenvalue weighted by Crippen LogP contribution is -2.22. The second-order valence-electron chi connectivity index (χ2n) is 7.02. The number of hydrogen-bond donors (Lipinski definition) is 2. The lowest BCUT2D eigenvalue weighted by Gasteiger charge is -2.18. The number of aromatic nitrogens is 4. The van der Waals surface area contributed by atoms with Gasteiger partial charge in [0, 0.05) is 37.7 Å². The summed E-state index contributed by atoms with van der Waals surface area (Å²) in [4.78, 5) is 15.9. The van der Waals surface area contributed by atoms with Crippen LogP contribution in [-0.2, 0) is 16.6 Å². The molecule has 11 nitrogen and oxygen atoms in total. The smallest absolute Gasteiger partial charge is 0.231 e. The van der Waals surface area contributed by atoms with Crippen LogP contribution >= 0.6 is 11.8 Å². The summed E-state index contributed by atoms with van der Waals surface area (Å²) in [5.41, 5.74) is 7.99. The van der Waals surface area contributed by atoms with Gasteiger partial charge in [0.25, 0.3) is 0 Å². The number of benzene rings is 1. The van der Waals surface area contributed by atoms with Crippen molar-refractivity contribution in [1.29, 1.82) is 0 Å². The van der Waals surface area contributed by atoms with E-state index in [0.29, 0.717) is 40.8 Å². The standard InChI is InChI=1S/C18H23N7O4S2/c1-20-31(26,27)6-4-5-25-17-15(16(19)21-9-22-17)23-18(25)30-14-8-13-12(28-10-29-13)7-11(14)24(2)3/h7-9,20H,4-6,10H2,1-3H3,(H2,19,21,22). The van der Waals surface area contributed by atoms with Crippen LogP contribution in [0.4, 0.5) is 11.5 Å². The number of ether oxygens (including phenoxy) is 2. The number of rotatable bonds is 8. The molecule has 2 aromatic heterocycles. The van der Waals surface area contributed by atoms with Crippen molar-refractivity contribution in [3.63, 3.8) is 0 Å². The molecule has 0 radical (unpaired) electrons. The van der Waals surface area contributed by atoms with Crippen LogP contribution in [-0.4, -0.2) is 61.6 Å². The zero-order valence-corrected chi connectivity index (χ0v) is 19.0. The van der Waals surface area contributed by atoms with E-state index < -0.39 is 10.0 Å². The van der Waals surface area contributed by atoms with E-state index in [4.69, 9.17) is 15.2 Å². The number of hydrogen-bond acceptors (Lipinski definition) is 10. The summed E-state index contributed by atoms with van der Waals surface area (Å²) >= 11 is 1.42.